The molecule has 0 aromatic heterocycles. The van der Waals surface area contributed by atoms with E-state index < -0.39 is 0 Å². The largest absolute Gasteiger partial charge is 0.508 e. The third kappa shape index (κ3) is 4.09. The molecule has 0 atom stereocenters. The van der Waals surface area contributed by atoms with E-state index in [4.69, 9.17) is 0 Å². The summed E-state index contributed by atoms with van der Waals surface area (Å²) in [5.74, 6) is 0.0310. The summed E-state index contributed by atoms with van der Waals surface area (Å²) in [6, 6.07) is 12.5. The number of phenols is 1. The van der Waals surface area contributed by atoms with E-state index in [1.807, 2.05) is 25.1 Å². The maximum Gasteiger partial charge on any atom is 0.248 e. The number of nitrogens with one attached hydrogen (secondary N) is 1. The van der Waals surface area contributed by atoms with E-state index in [9.17, 15) is 9.90 Å². The lowest BCUT2D eigenvalue weighted by atomic mass is 10.2. The van der Waals surface area contributed by atoms with Gasteiger partial charge in [-0.3, -0.25) is 4.79 Å². The van der Waals surface area contributed by atoms with Crippen LogP contribution in [0.5, 0.6) is 5.75 Å². The molecule has 0 radical (unpaired) electrons. The van der Waals surface area contributed by atoms with Crippen LogP contribution in [0.4, 0.5) is 5.69 Å². The first kappa shape index (κ1) is 14.6. The summed E-state index contributed by atoms with van der Waals surface area (Å²) >= 11 is 2.24. The van der Waals surface area contributed by atoms with Crippen molar-refractivity contribution in [1.29, 1.82) is 0 Å². The first-order valence-corrected chi connectivity index (χ1v) is 7.17. The molecule has 4 heteroatoms. The van der Waals surface area contributed by atoms with Crippen LogP contribution in [0.3, 0.4) is 0 Å². The number of carbonyl (C=O) groups excluding carboxylic acids is 1. The molecule has 0 fully saturated rings. The quantitative estimate of drug-likeness (QED) is 0.627. The van der Waals surface area contributed by atoms with Crippen molar-refractivity contribution in [2.24, 2.45) is 0 Å². The molecule has 1 amide bonds. The Morgan fingerprint density at radius 3 is 2.55 bits per heavy atom. The normalized spacial score (nSPS) is 10.7. The van der Waals surface area contributed by atoms with Crippen molar-refractivity contribution in [1.82, 2.24) is 0 Å². The van der Waals surface area contributed by atoms with Gasteiger partial charge in [0.2, 0.25) is 5.91 Å². The molecule has 0 spiro atoms. The number of amides is 1. The highest BCUT2D eigenvalue weighted by Gasteiger charge is 2.02. The number of anilines is 1. The number of carbonyl (C=O) groups is 1. The zero-order valence-electron chi connectivity index (χ0n) is 10.9. The van der Waals surface area contributed by atoms with E-state index in [1.165, 1.54) is 6.08 Å². The molecular weight excluding hydrogens is 365 g/mol. The summed E-state index contributed by atoms with van der Waals surface area (Å²) in [5, 5.41) is 12.0. The summed E-state index contributed by atoms with van der Waals surface area (Å²) < 4.78 is 1.14. The molecule has 0 unspecified atom stereocenters. The predicted molar refractivity (Wildman–Crippen MR) is 89.7 cm³/mol. The highest BCUT2D eigenvalue weighted by molar-refractivity contribution is 14.1. The average Bonchev–Trinajstić information content (AvgIpc) is 2.41. The smallest absolute Gasteiger partial charge is 0.248 e. The summed E-state index contributed by atoms with van der Waals surface area (Å²) in [6.07, 6.45) is 3.18. The van der Waals surface area contributed by atoms with Crippen LogP contribution < -0.4 is 5.32 Å². The van der Waals surface area contributed by atoms with Crippen molar-refractivity contribution in [3.05, 3.63) is 63.2 Å². The summed E-state index contributed by atoms with van der Waals surface area (Å²) in [7, 11) is 0. The fraction of sp³-hybridized carbons (Fsp3) is 0.0625. The second-order valence-corrected chi connectivity index (χ2v) is 5.62. The first-order valence-electron chi connectivity index (χ1n) is 6.09. The SMILES string of the molecule is Cc1cc(I)ccc1NC(=O)/C=C/c1ccc(O)cc1. The van der Waals surface area contributed by atoms with E-state index in [0.717, 1.165) is 20.4 Å². The van der Waals surface area contributed by atoms with E-state index in [1.54, 1.807) is 30.3 Å². The third-order valence-electron chi connectivity index (χ3n) is 2.77. The molecule has 2 rings (SSSR count). The lowest BCUT2D eigenvalue weighted by Gasteiger charge is -2.06. The number of phenolic OH excluding ortho intramolecular Hbond substituents is 1. The molecule has 102 valence electrons. The second-order valence-electron chi connectivity index (χ2n) is 4.37. The van der Waals surface area contributed by atoms with Crippen molar-refractivity contribution in [3.63, 3.8) is 0 Å². The first-order chi connectivity index (χ1) is 9.54. The highest BCUT2D eigenvalue weighted by Crippen LogP contribution is 2.18. The monoisotopic (exact) mass is 379 g/mol. The molecule has 0 saturated heterocycles. The number of rotatable bonds is 3. The van der Waals surface area contributed by atoms with Crippen molar-refractivity contribution < 1.29 is 9.90 Å². The Morgan fingerprint density at radius 1 is 1.20 bits per heavy atom. The molecule has 0 aliphatic carbocycles. The van der Waals surface area contributed by atoms with Crippen LogP contribution in [0.2, 0.25) is 0 Å². The third-order valence-corrected chi connectivity index (χ3v) is 3.44. The van der Waals surface area contributed by atoms with E-state index in [0.29, 0.717) is 0 Å². The number of halogens is 1. The number of aromatic hydroxyl groups is 1. The summed E-state index contributed by atoms with van der Waals surface area (Å²) in [6.45, 7) is 1.96. The Labute approximate surface area is 131 Å². The topological polar surface area (TPSA) is 49.3 Å². The lowest BCUT2D eigenvalue weighted by molar-refractivity contribution is -0.111. The van der Waals surface area contributed by atoms with E-state index in [2.05, 4.69) is 27.9 Å². The maximum atomic E-state index is 11.8. The van der Waals surface area contributed by atoms with E-state index in [-0.39, 0.29) is 11.7 Å². The average molecular weight is 379 g/mol. The molecule has 20 heavy (non-hydrogen) atoms. The predicted octanol–water partition coefficient (Wildman–Crippen LogP) is 3.96. The van der Waals surface area contributed by atoms with Gasteiger partial charge < -0.3 is 10.4 Å². The number of benzene rings is 2. The highest BCUT2D eigenvalue weighted by atomic mass is 127. The van der Waals surface area contributed by atoms with E-state index >= 15 is 0 Å². The Hall–Kier alpha value is -1.82. The Balaban J connectivity index is 2.03. The zero-order chi connectivity index (χ0) is 14.5. The molecular formula is C16H14INO2. The minimum Gasteiger partial charge on any atom is -0.508 e. The van der Waals surface area contributed by atoms with Crippen LogP contribution in [-0.2, 0) is 4.79 Å². The van der Waals surface area contributed by atoms with Crippen LogP contribution in [0.15, 0.2) is 48.5 Å². The van der Waals surface area contributed by atoms with Crippen LogP contribution in [0, 0.1) is 10.5 Å². The molecule has 0 bridgehead atoms. The van der Waals surface area contributed by atoms with Gasteiger partial charge in [0.1, 0.15) is 5.75 Å². The van der Waals surface area contributed by atoms with Crippen molar-refractivity contribution in [2.45, 2.75) is 6.92 Å². The molecule has 2 N–H and O–H groups in total. The van der Waals surface area contributed by atoms with Gasteiger partial charge in [-0.05, 0) is 77.0 Å². The van der Waals surface area contributed by atoms with Crippen molar-refractivity contribution in [2.75, 3.05) is 5.32 Å². The van der Waals surface area contributed by atoms with Crippen molar-refractivity contribution in [3.8, 4) is 5.75 Å². The maximum absolute atomic E-state index is 11.8. The minimum absolute atomic E-state index is 0.178. The standard InChI is InChI=1S/C16H14INO2/c1-11-10-13(17)5-8-15(11)18-16(20)9-4-12-2-6-14(19)7-3-12/h2-10,19H,1H3,(H,18,20)/b9-4+. The van der Waals surface area contributed by atoms with Crippen LogP contribution >= 0.6 is 22.6 Å². The number of aryl methyl sites for hydroxylation is 1. The van der Waals surface area contributed by atoms with Gasteiger partial charge in [0.05, 0.1) is 0 Å². The Bertz CT molecular complexity index is 648. The van der Waals surface area contributed by atoms with Crippen LogP contribution in [0.1, 0.15) is 11.1 Å². The molecule has 2 aromatic carbocycles. The molecule has 0 aliphatic rings. The second kappa shape index (κ2) is 6.56. The summed E-state index contributed by atoms with van der Waals surface area (Å²) in [4.78, 5) is 11.8. The zero-order valence-corrected chi connectivity index (χ0v) is 13.1. The molecule has 2 aromatic rings. The fourth-order valence-corrected chi connectivity index (χ4v) is 2.35. The molecule has 0 saturated carbocycles. The molecule has 0 aliphatic heterocycles. The number of hydrogen-bond acceptors (Lipinski definition) is 2. The Kier molecular flexibility index (Phi) is 4.79. The van der Waals surface area contributed by atoms with Gasteiger partial charge >= 0.3 is 0 Å². The fourth-order valence-electron chi connectivity index (χ4n) is 1.70. The van der Waals surface area contributed by atoms with Gasteiger partial charge in [0.15, 0.2) is 0 Å². The van der Waals surface area contributed by atoms with Gasteiger partial charge in [-0.25, -0.2) is 0 Å². The van der Waals surface area contributed by atoms with Gasteiger partial charge in [0.25, 0.3) is 0 Å². The lowest BCUT2D eigenvalue weighted by Crippen LogP contribution is -2.08. The molecule has 3 nitrogen and oxygen atoms in total. The van der Waals surface area contributed by atoms with Gasteiger partial charge in [-0.1, -0.05) is 12.1 Å². The van der Waals surface area contributed by atoms with Gasteiger partial charge in [-0.2, -0.15) is 0 Å². The van der Waals surface area contributed by atoms with Crippen LogP contribution in [0.25, 0.3) is 6.08 Å². The number of hydrogen-bond donors (Lipinski definition) is 2. The Morgan fingerprint density at radius 2 is 1.90 bits per heavy atom. The molecule has 0 heterocycles. The minimum atomic E-state index is -0.178. The van der Waals surface area contributed by atoms with Crippen molar-refractivity contribution >= 4 is 40.3 Å². The van der Waals surface area contributed by atoms with Crippen LogP contribution in [-0.4, -0.2) is 11.0 Å². The summed E-state index contributed by atoms with van der Waals surface area (Å²) in [5.41, 5.74) is 2.70. The van der Waals surface area contributed by atoms with Gasteiger partial charge in [0, 0.05) is 15.3 Å². The van der Waals surface area contributed by atoms with Gasteiger partial charge in [-0.15, -0.1) is 0 Å².